The van der Waals surface area contributed by atoms with Gasteiger partial charge in [-0.1, -0.05) is 12.2 Å². The van der Waals surface area contributed by atoms with E-state index in [9.17, 15) is 13.2 Å². The number of aromatic nitrogens is 2. The molecule has 1 rings (SSSR count). The Labute approximate surface area is 92.1 Å². The van der Waals surface area contributed by atoms with Crippen molar-refractivity contribution in [1.29, 1.82) is 0 Å². The predicted molar refractivity (Wildman–Crippen MR) is 56.8 cm³/mol. The third-order valence-electron chi connectivity index (χ3n) is 2.20. The summed E-state index contributed by atoms with van der Waals surface area (Å²) in [6.07, 6.45) is 0.0955. The standard InChI is InChI=1S/C11H13F3N2/c1-4-6-16-7-9(8(3)5-2)10(15-16)11(12,13)14/h4-5,7H,1,6H2,2-3H3/b8-5+. The van der Waals surface area contributed by atoms with Crippen LogP contribution in [0.1, 0.15) is 25.1 Å². The molecule has 5 heteroatoms. The van der Waals surface area contributed by atoms with Gasteiger partial charge in [0.2, 0.25) is 0 Å². The second-order valence-electron chi connectivity index (χ2n) is 3.37. The Morgan fingerprint density at radius 1 is 1.56 bits per heavy atom. The number of allylic oxidation sites excluding steroid dienone is 3. The molecule has 0 saturated heterocycles. The molecule has 0 aliphatic heterocycles. The number of nitrogens with zero attached hydrogens (tertiary/aromatic N) is 2. The lowest BCUT2D eigenvalue weighted by atomic mass is 10.1. The van der Waals surface area contributed by atoms with E-state index in [1.807, 2.05) is 0 Å². The topological polar surface area (TPSA) is 17.8 Å². The fourth-order valence-corrected chi connectivity index (χ4v) is 1.30. The lowest BCUT2D eigenvalue weighted by Gasteiger charge is -2.05. The summed E-state index contributed by atoms with van der Waals surface area (Å²) in [6.45, 7) is 7.05. The summed E-state index contributed by atoms with van der Waals surface area (Å²) in [7, 11) is 0. The highest BCUT2D eigenvalue weighted by molar-refractivity contribution is 5.65. The molecule has 0 bridgehead atoms. The van der Waals surface area contributed by atoms with Crippen LogP contribution in [0.4, 0.5) is 13.2 Å². The Morgan fingerprint density at radius 2 is 2.19 bits per heavy atom. The van der Waals surface area contributed by atoms with E-state index in [2.05, 4.69) is 11.7 Å². The van der Waals surface area contributed by atoms with Gasteiger partial charge in [-0.2, -0.15) is 18.3 Å². The minimum atomic E-state index is -4.42. The molecule has 2 nitrogen and oxygen atoms in total. The van der Waals surface area contributed by atoms with Crippen LogP contribution in [0, 0.1) is 0 Å². The maximum absolute atomic E-state index is 12.7. The van der Waals surface area contributed by atoms with E-state index < -0.39 is 11.9 Å². The van der Waals surface area contributed by atoms with Gasteiger partial charge < -0.3 is 0 Å². The Balaban J connectivity index is 3.28. The Kier molecular flexibility index (Phi) is 3.57. The normalized spacial score (nSPS) is 12.9. The molecule has 16 heavy (non-hydrogen) atoms. The molecule has 0 unspecified atom stereocenters. The van der Waals surface area contributed by atoms with Crippen LogP contribution < -0.4 is 0 Å². The monoisotopic (exact) mass is 230 g/mol. The first-order chi connectivity index (χ1) is 7.40. The van der Waals surface area contributed by atoms with Crippen molar-refractivity contribution in [2.75, 3.05) is 0 Å². The highest BCUT2D eigenvalue weighted by Gasteiger charge is 2.37. The van der Waals surface area contributed by atoms with Gasteiger partial charge in [-0.05, 0) is 19.4 Å². The molecule has 1 heterocycles. The van der Waals surface area contributed by atoms with Crippen LogP contribution >= 0.6 is 0 Å². The number of hydrogen-bond donors (Lipinski definition) is 0. The highest BCUT2D eigenvalue weighted by Crippen LogP contribution is 2.33. The van der Waals surface area contributed by atoms with Crippen LogP contribution in [0.25, 0.3) is 5.57 Å². The zero-order valence-electron chi connectivity index (χ0n) is 9.17. The fraction of sp³-hybridized carbons (Fsp3) is 0.364. The molecule has 1 aromatic heterocycles. The van der Waals surface area contributed by atoms with Crippen LogP contribution in [0.3, 0.4) is 0 Å². The molecule has 0 aliphatic carbocycles. The van der Waals surface area contributed by atoms with E-state index in [0.717, 1.165) is 0 Å². The summed E-state index contributed by atoms with van der Waals surface area (Å²) < 4.78 is 39.2. The maximum Gasteiger partial charge on any atom is 0.435 e. The number of rotatable bonds is 3. The molecule has 88 valence electrons. The van der Waals surface area contributed by atoms with Crippen molar-refractivity contribution in [3.05, 3.63) is 36.2 Å². The molecular weight excluding hydrogens is 217 g/mol. The summed E-state index contributed by atoms with van der Waals surface area (Å²) in [5, 5.41) is 3.52. The van der Waals surface area contributed by atoms with Crippen LogP contribution in [-0.4, -0.2) is 9.78 Å². The van der Waals surface area contributed by atoms with Gasteiger partial charge in [0, 0.05) is 11.8 Å². The minimum absolute atomic E-state index is 0.122. The van der Waals surface area contributed by atoms with Gasteiger partial charge in [-0.25, -0.2) is 0 Å². The minimum Gasteiger partial charge on any atom is -0.268 e. The Bertz CT molecular complexity index is 413. The summed E-state index contributed by atoms with van der Waals surface area (Å²) >= 11 is 0. The number of alkyl halides is 3. The van der Waals surface area contributed by atoms with Crippen molar-refractivity contribution < 1.29 is 13.2 Å². The summed E-state index contributed by atoms with van der Waals surface area (Å²) in [5.41, 5.74) is -0.163. The average molecular weight is 230 g/mol. The zero-order valence-corrected chi connectivity index (χ0v) is 9.17. The molecular formula is C11H13F3N2. The predicted octanol–water partition coefficient (Wildman–Crippen LogP) is 3.51. The van der Waals surface area contributed by atoms with Crippen molar-refractivity contribution in [2.45, 2.75) is 26.6 Å². The summed E-state index contributed by atoms with van der Waals surface area (Å²) in [4.78, 5) is 0. The van der Waals surface area contributed by atoms with Crippen LogP contribution in [-0.2, 0) is 12.7 Å². The lowest BCUT2D eigenvalue weighted by Crippen LogP contribution is -2.09. The molecule has 1 aromatic rings. The summed E-state index contributed by atoms with van der Waals surface area (Å²) in [5.74, 6) is 0. The lowest BCUT2D eigenvalue weighted by molar-refractivity contribution is -0.141. The SMILES string of the molecule is C=CCn1cc(/C(C)=C/C)c(C(F)(F)F)n1. The van der Waals surface area contributed by atoms with Gasteiger partial charge >= 0.3 is 6.18 Å². The van der Waals surface area contributed by atoms with Gasteiger partial charge in [0.25, 0.3) is 0 Å². The third kappa shape index (κ3) is 2.53. The Morgan fingerprint density at radius 3 is 2.62 bits per heavy atom. The molecule has 0 N–H and O–H groups in total. The quantitative estimate of drug-likeness (QED) is 0.726. The molecule has 0 atom stereocenters. The van der Waals surface area contributed by atoms with Crippen molar-refractivity contribution in [3.8, 4) is 0 Å². The van der Waals surface area contributed by atoms with Crippen molar-refractivity contribution in [2.24, 2.45) is 0 Å². The third-order valence-corrected chi connectivity index (χ3v) is 2.20. The number of hydrogen-bond acceptors (Lipinski definition) is 1. The van der Waals surface area contributed by atoms with Crippen LogP contribution in [0.2, 0.25) is 0 Å². The first-order valence-electron chi connectivity index (χ1n) is 4.79. The van der Waals surface area contributed by atoms with Gasteiger partial charge in [-0.15, -0.1) is 6.58 Å². The summed E-state index contributed by atoms with van der Waals surface area (Å²) in [6, 6.07) is 0. The molecule has 0 aromatic carbocycles. The van der Waals surface area contributed by atoms with Crippen LogP contribution in [0.15, 0.2) is 24.9 Å². The Hall–Kier alpha value is -1.52. The van der Waals surface area contributed by atoms with Gasteiger partial charge in [0.05, 0.1) is 6.54 Å². The molecule has 0 spiro atoms. The van der Waals surface area contributed by atoms with Crippen LogP contribution in [0.5, 0.6) is 0 Å². The van der Waals surface area contributed by atoms with E-state index in [1.54, 1.807) is 19.9 Å². The van der Waals surface area contributed by atoms with Gasteiger partial charge in [0.1, 0.15) is 0 Å². The molecule has 0 amide bonds. The zero-order chi connectivity index (χ0) is 12.3. The first kappa shape index (κ1) is 12.5. The van der Waals surface area contributed by atoms with E-state index in [0.29, 0.717) is 5.57 Å². The number of halogens is 3. The van der Waals surface area contributed by atoms with Gasteiger partial charge in [-0.3, -0.25) is 4.68 Å². The van der Waals surface area contributed by atoms with Crippen molar-refractivity contribution in [3.63, 3.8) is 0 Å². The second kappa shape index (κ2) is 4.55. The first-order valence-corrected chi connectivity index (χ1v) is 4.79. The highest BCUT2D eigenvalue weighted by atomic mass is 19.4. The van der Waals surface area contributed by atoms with Crippen molar-refractivity contribution >= 4 is 5.57 Å². The molecule has 0 saturated carbocycles. The smallest absolute Gasteiger partial charge is 0.268 e. The van der Waals surface area contributed by atoms with Crippen molar-refractivity contribution in [1.82, 2.24) is 9.78 Å². The van der Waals surface area contributed by atoms with Gasteiger partial charge in [0.15, 0.2) is 5.69 Å². The maximum atomic E-state index is 12.7. The average Bonchev–Trinajstić information content (AvgIpc) is 2.61. The molecule has 0 aliphatic rings. The molecule has 0 fully saturated rings. The largest absolute Gasteiger partial charge is 0.435 e. The van der Waals surface area contributed by atoms with E-state index in [4.69, 9.17) is 0 Å². The van der Waals surface area contributed by atoms with E-state index in [-0.39, 0.29) is 12.1 Å². The van der Waals surface area contributed by atoms with E-state index >= 15 is 0 Å². The van der Waals surface area contributed by atoms with E-state index in [1.165, 1.54) is 17.0 Å². The molecule has 0 radical (unpaired) electrons. The fourth-order valence-electron chi connectivity index (χ4n) is 1.30. The second-order valence-corrected chi connectivity index (χ2v) is 3.37.